The molecule has 0 aromatic carbocycles. The number of ether oxygens (including phenoxy) is 2. The van der Waals surface area contributed by atoms with Crippen molar-refractivity contribution in [3.63, 3.8) is 0 Å². The fourth-order valence-corrected chi connectivity index (χ4v) is 4.18. The van der Waals surface area contributed by atoms with E-state index < -0.39 is 23.5 Å². The maximum absolute atomic E-state index is 13.4. The van der Waals surface area contributed by atoms with E-state index in [-0.39, 0.29) is 28.6 Å². The number of rotatable bonds is 4. The first-order chi connectivity index (χ1) is 13.8. The van der Waals surface area contributed by atoms with Crippen LogP contribution in [0.4, 0.5) is 0 Å². The SMILES string of the molecule is CC(=O)OC1=C(C)C(=O)C(OC(C)=O)=C(c2c(C3CC3)[nH]c3c2CCCC3)C1=O. The van der Waals surface area contributed by atoms with Crippen LogP contribution in [0, 0.1) is 0 Å². The summed E-state index contributed by atoms with van der Waals surface area (Å²) in [6.45, 7) is 3.77. The van der Waals surface area contributed by atoms with Crippen LogP contribution in [0.2, 0.25) is 0 Å². The van der Waals surface area contributed by atoms with Gasteiger partial charge in [0.25, 0.3) is 0 Å². The Morgan fingerprint density at radius 3 is 2.17 bits per heavy atom. The number of aromatic amines is 1. The summed E-state index contributed by atoms with van der Waals surface area (Å²) in [4.78, 5) is 53.2. The van der Waals surface area contributed by atoms with Crippen molar-refractivity contribution in [1.29, 1.82) is 0 Å². The lowest BCUT2D eigenvalue weighted by Gasteiger charge is -2.22. The Morgan fingerprint density at radius 2 is 1.55 bits per heavy atom. The van der Waals surface area contributed by atoms with E-state index in [1.165, 1.54) is 20.8 Å². The Kier molecular flexibility index (Phi) is 4.76. The van der Waals surface area contributed by atoms with Gasteiger partial charge in [0, 0.05) is 36.4 Å². The number of esters is 2. The Balaban J connectivity index is 1.96. The summed E-state index contributed by atoms with van der Waals surface area (Å²) in [5.41, 5.74) is 3.65. The molecule has 1 N–H and O–H groups in total. The van der Waals surface area contributed by atoms with Gasteiger partial charge in [0.15, 0.2) is 11.5 Å². The smallest absolute Gasteiger partial charge is 0.308 e. The third-order valence-corrected chi connectivity index (χ3v) is 5.60. The maximum atomic E-state index is 13.4. The van der Waals surface area contributed by atoms with Crippen molar-refractivity contribution < 1.29 is 28.7 Å². The first kappa shape index (κ1) is 19.4. The molecule has 1 saturated carbocycles. The van der Waals surface area contributed by atoms with Crippen molar-refractivity contribution in [2.24, 2.45) is 0 Å². The summed E-state index contributed by atoms with van der Waals surface area (Å²) in [6.07, 6.45) is 5.67. The number of hydrogen-bond donors (Lipinski definition) is 1. The number of ketones is 2. The fraction of sp³-hybridized carbons (Fsp3) is 0.455. The molecular formula is C22H23NO6. The average Bonchev–Trinajstić information content (AvgIpc) is 3.44. The van der Waals surface area contributed by atoms with Crippen molar-refractivity contribution >= 4 is 29.1 Å². The second-order valence-electron chi connectivity index (χ2n) is 7.86. The van der Waals surface area contributed by atoms with Crippen molar-refractivity contribution in [3.05, 3.63) is 39.6 Å². The van der Waals surface area contributed by atoms with E-state index in [1.807, 2.05) is 0 Å². The standard InChI is InChI=1S/C22H23NO6/c1-10-19(26)22(29-12(3)25)17(20(27)21(10)28-11(2)24)16-14-6-4-5-7-15(14)23-18(16)13-8-9-13/h13,23H,4-9H2,1-3H3. The molecule has 0 unspecified atom stereocenters. The summed E-state index contributed by atoms with van der Waals surface area (Å²) in [5.74, 6) is -2.85. The molecular weight excluding hydrogens is 374 g/mol. The van der Waals surface area contributed by atoms with E-state index in [0.717, 1.165) is 55.5 Å². The zero-order valence-corrected chi connectivity index (χ0v) is 16.8. The van der Waals surface area contributed by atoms with Crippen LogP contribution in [0.1, 0.15) is 74.9 Å². The number of allylic oxidation sites excluding steroid dienone is 2. The van der Waals surface area contributed by atoms with Crippen LogP contribution in [0.5, 0.6) is 0 Å². The molecule has 1 aromatic heterocycles. The minimum atomic E-state index is -0.686. The number of aryl methyl sites for hydroxylation is 1. The second kappa shape index (κ2) is 7.13. The summed E-state index contributed by atoms with van der Waals surface area (Å²) in [6, 6.07) is 0. The molecule has 1 aromatic rings. The highest BCUT2D eigenvalue weighted by atomic mass is 16.5. The summed E-state index contributed by atoms with van der Waals surface area (Å²) in [7, 11) is 0. The van der Waals surface area contributed by atoms with E-state index in [0.29, 0.717) is 5.56 Å². The summed E-state index contributed by atoms with van der Waals surface area (Å²) in [5, 5.41) is 0. The van der Waals surface area contributed by atoms with Gasteiger partial charge < -0.3 is 14.5 Å². The molecule has 0 amide bonds. The second-order valence-corrected chi connectivity index (χ2v) is 7.86. The zero-order chi connectivity index (χ0) is 20.9. The lowest BCUT2D eigenvalue weighted by atomic mass is 9.84. The Hall–Kier alpha value is -2.96. The lowest BCUT2D eigenvalue weighted by Crippen LogP contribution is -2.27. The van der Waals surface area contributed by atoms with E-state index >= 15 is 0 Å². The zero-order valence-electron chi connectivity index (χ0n) is 16.8. The molecule has 29 heavy (non-hydrogen) atoms. The average molecular weight is 397 g/mol. The molecule has 7 nitrogen and oxygen atoms in total. The third kappa shape index (κ3) is 3.34. The fourth-order valence-electron chi connectivity index (χ4n) is 4.18. The van der Waals surface area contributed by atoms with Crippen LogP contribution in [-0.2, 0) is 41.5 Å². The third-order valence-electron chi connectivity index (χ3n) is 5.60. The number of fused-ring (bicyclic) bond motifs is 1. The van der Waals surface area contributed by atoms with Gasteiger partial charge in [-0.05, 0) is 56.9 Å². The summed E-state index contributed by atoms with van der Waals surface area (Å²) < 4.78 is 10.4. The highest BCUT2D eigenvalue weighted by Crippen LogP contribution is 2.47. The van der Waals surface area contributed by atoms with Gasteiger partial charge in [0.05, 0.1) is 5.57 Å². The van der Waals surface area contributed by atoms with Gasteiger partial charge in [-0.1, -0.05) is 0 Å². The van der Waals surface area contributed by atoms with E-state index in [9.17, 15) is 19.2 Å². The van der Waals surface area contributed by atoms with E-state index in [2.05, 4.69) is 4.98 Å². The molecule has 1 heterocycles. The Labute approximate surface area is 168 Å². The minimum Gasteiger partial charge on any atom is -0.422 e. The van der Waals surface area contributed by atoms with Gasteiger partial charge >= 0.3 is 11.9 Å². The van der Waals surface area contributed by atoms with Gasteiger partial charge in [-0.2, -0.15) is 0 Å². The molecule has 0 saturated heterocycles. The quantitative estimate of drug-likeness (QED) is 0.619. The monoisotopic (exact) mass is 397 g/mol. The predicted molar refractivity (Wildman–Crippen MR) is 103 cm³/mol. The van der Waals surface area contributed by atoms with Gasteiger partial charge in [0.2, 0.25) is 11.6 Å². The minimum absolute atomic E-state index is 0.0355. The molecule has 0 atom stereocenters. The van der Waals surface area contributed by atoms with Crippen LogP contribution in [0.3, 0.4) is 0 Å². The van der Waals surface area contributed by atoms with Crippen molar-refractivity contribution in [3.8, 4) is 0 Å². The largest absolute Gasteiger partial charge is 0.422 e. The molecule has 7 heteroatoms. The first-order valence-electron chi connectivity index (χ1n) is 9.95. The highest BCUT2D eigenvalue weighted by molar-refractivity contribution is 6.39. The molecule has 1 fully saturated rings. The molecule has 4 rings (SSSR count). The predicted octanol–water partition coefficient (Wildman–Crippen LogP) is 3.03. The van der Waals surface area contributed by atoms with Gasteiger partial charge in [-0.25, -0.2) is 0 Å². The lowest BCUT2D eigenvalue weighted by molar-refractivity contribution is -0.142. The van der Waals surface area contributed by atoms with Crippen molar-refractivity contribution in [2.75, 3.05) is 0 Å². The number of hydrogen-bond acceptors (Lipinski definition) is 6. The number of nitrogens with one attached hydrogen (secondary N) is 1. The molecule has 3 aliphatic carbocycles. The van der Waals surface area contributed by atoms with Crippen LogP contribution >= 0.6 is 0 Å². The number of carbonyl (C=O) groups excluding carboxylic acids is 4. The van der Waals surface area contributed by atoms with E-state index in [1.54, 1.807) is 0 Å². The van der Waals surface area contributed by atoms with Gasteiger partial charge in [0.1, 0.15) is 0 Å². The molecule has 0 radical (unpaired) electrons. The maximum Gasteiger partial charge on any atom is 0.308 e. The molecule has 3 aliphatic rings. The normalized spacial score (nSPS) is 19.4. The Bertz CT molecular complexity index is 1020. The highest BCUT2D eigenvalue weighted by Gasteiger charge is 2.42. The Morgan fingerprint density at radius 1 is 0.931 bits per heavy atom. The first-order valence-corrected chi connectivity index (χ1v) is 9.95. The van der Waals surface area contributed by atoms with Gasteiger partial charge in [-0.15, -0.1) is 0 Å². The topological polar surface area (TPSA) is 103 Å². The molecule has 0 bridgehead atoms. The number of aromatic nitrogens is 1. The van der Waals surface area contributed by atoms with Crippen molar-refractivity contribution in [1.82, 2.24) is 4.98 Å². The van der Waals surface area contributed by atoms with Crippen LogP contribution in [-0.4, -0.2) is 28.5 Å². The van der Waals surface area contributed by atoms with Gasteiger partial charge in [-0.3, -0.25) is 19.2 Å². The van der Waals surface area contributed by atoms with Crippen molar-refractivity contribution in [2.45, 2.75) is 65.2 Å². The number of Topliss-reactive ketones (excluding diaryl/α,β-unsaturated/α-hetero) is 2. The van der Waals surface area contributed by atoms with E-state index in [4.69, 9.17) is 9.47 Å². The van der Waals surface area contributed by atoms with Crippen LogP contribution < -0.4 is 0 Å². The summed E-state index contributed by atoms with van der Waals surface area (Å²) >= 11 is 0. The molecule has 0 aliphatic heterocycles. The van der Waals surface area contributed by atoms with Crippen LogP contribution in [0.25, 0.3) is 5.57 Å². The van der Waals surface area contributed by atoms with Crippen LogP contribution in [0.15, 0.2) is 17.1 Å². The number of H-pyrrole nitrogens is 1. The molecule has 152 valence electrons. The number of carbonyl (C=O) groups is 4. The molecule has 0 spiro atoms.